The SMILES string of the molecule is CCNCCc1nnc(-c2ccc([N+](=O)[O-])c(OC)c2)s1. The maximum atomic E-state index is 10.9. The number of nitro groups is 1. The molecule has 0 bridgehead atoms. The van der Waals surface area contributed by atoms with Gasteiger partial charge in [-0.15, -0.1) is 10.2 Å². The van der Waals surface area contributed by atoms with Gasteiger partial charge in [0.15, 0.2) is 5.75 Å². The molecule has 112 valence electrons. The van der Waals surface area contributed by atoms with Crippen LogP contribution in [0, 0.1) is 10.1 Å². The molecule has 0 unspecified atom stereocenters. The van der Waals surface area contributed by atoms with E-state index >= 15 is 0 Å². The summed E-state index contributed by atoms with van der Waals surface area (Å²) in [5.74, 6) is 0.224. The first kappa shape index (κ1) is 15.3. The zero-order valence-electron chi connectivity index (χ0n) is 11.8. The summed E-state index contributed by atoms with van der Waals surface area (Å²) in [5.41, 5.74) is 0.711. The van der Waals surface area contributed by atoms with Gasteiger partial charge in [-0.25, -0.2) is 0 Å². The van der Waals surface area contributed by atoms with Gasteiger partial charge in [-0.05, 0) is 18.7 Å². The van der Waals surface area contributed by atoms with Gasteiger partial charge < -0.3 is 10.1 Å². The van der Waals surface area contributed by atoms with E-state index in [9.17, 15) is 10.1 Å². The Labute approximate surface area is 126 Å². The van der Waals surface area contributed by atoms with Gasteiger partial charge in [0.1, 0.15) is 10.0 Å². The average molecular weight is 308 g/mol. The number of ether oxygens (including phenoxy) is 1. The van der Waals surface area contributed by atoms with Crippen molar-refractivity contribution < 1.29 is 9.66 Å². The van der Waals surface area contributed by atoms with Gasteiger partial charge in [-0.3, -0.25) is 10.1 Å². The third kappa shape index (κ3) is 3.73. The van der Waals surface area contributed by atoms with Crippen molar-refractivity contribution in [2.45, 2.75) is 13.3 Å². The highest BCUT2D eigenvalue weighted by atomic mass is 32.1. The summed E-state index contributed by atoms with van der Waals surface area (Å²) in [5, 5.41) is 24.0. The van der Waals surface area contributed by atoms with Crippen molar-refractivity contribution in [1.82, 2.24) is 15.5 Å². The Bertz CT molecular complexity index is 630. The van der Waals surface area contributed by atoms with Crippen molar-refractivity contribution in [3.63, 3.8) is 0 Å². The van der Waals surface area contributed by atoms with Gasteiger partial charge in [0.05, 0.1) is 12.0 Å². The second-order valence-corrected chi connectivity index (χ2v) is 5.31. The number of benzene rings is 1. The normalized spacial score (nSPS) is 10.6. The van der Waals surface area contributed by atoms with Crippen LogP contribution in [-0.2, 0) is 6.42 Å². The van der Waals surface area contributed by atoms with Crippen molar-refractivity contribution in [1.29, 1.82) is 0 Å². The lowest BCUT2D eigenvalue weighted by atomic mass is 10.2. The zero-order chi connectivity index (χ0) is 15.2. The molecular weight excluding hydrogens is 292 g/mol. The van der Waals surface area contributed by atoms with Crippen molar-refractivity contribution in [2.75, 3.05) is 20.2 Å². The second-order valence-electron chi connectivity index (χ2n) is 4.25. The van der Waals surface area contributed by atoms with Crippen molar-refractivity contribution in [2.24, 2.45) is 0 Å². The highest BCUT2D eigenvalue weighted by molar-refractivity contribution is 7.14. The molecule has 8 heteroatoms. The van der Waals surface area contributed by atoms with Crippen molar-refractivity contribution in [3.05, 3.63) is 33.3 Å². The third-order valence-corrected chi connectivity index (χ3v) is 3.89. The van der Waals surface area contributed by atoms with Crippen LogP contribution >= 0.6 is 11.3 Å². The fourth-order valence-electron chi connectivity index (χ4n) is 1.80. The molecule has 0 atom stereocenters. The van der Waals surface area contributed by atoms with E-state index in [1.165, 1.54) is 24.5 Å². The van der Waals surface area contributed by atoms with Crippen LogP contribution in [0.5, 0.6) is 5.75 Å². The topological polar surface area (TPSA) is 90.2 Å². The molecule has 0 aliphatic carbocycles. The van der Waals surface area contributed by atoms with E-state index in [1.54, 1.807) is 12.1 Å². The van der Waals surface area contributed by atoms with Gasteiger partial charge in [0.25, 0.3) is 0 Å². The molecule has 0 fully saturated rings. The molecule has 0 spiro atoms. The Kier molecular flexibility index (Phi) is 5.18. The molecule has 2 aromatic rings. The Morgan fingerprint density at radius 3 is 2.90 bits per heavy atom. The molecule has 0 amide bonds. The van der Waals surface area contributed by atoms with Crippen LogP contribution in [0.25, 0.3) is 10.6 Å². The fraction of sp³-hybridized carbons (Fsp3) is 0.385. The lowest BCUT2D eigenvalue weighted by Crippen LogP contribution is -2.15. The van der Waals surface area contributed by atoms with Gasteiger partial charge in [-0.1, -0.05) is 18.3 Å². The molecule has 0 aliphatic heterocycles. The fourth-order valence-corrected chi connectivity index (χ4v) is 2.64. The van der Waals surface area contributed by atoms with Crippen LogP contribution in [0.1, 0.15) is 11.9 Å². The van der Waals surface area contributed by atoms with E-state index in [1.807, 2.05) is 0 Å². The molecule has 1 aromatic carbocycles. The summed E-state index contributed by atoms with van der Waals surface area (Å²) in [4.78, 5) is 10.4. The number of nitrogens with one attached hydrogen (secondary N) is 1. The zero-order valence-corrected chi connectivity index (χ0v) is 12.6. The molecular formula is C13H16N4O3S. The van der Waals surface area contributed by atoms with E-state index < -0.39 is 4.92 Å². The third-order valence-electron chi connectivity index (χ3n) is 2.86. The number of hydrogen-bond acceptors (Lipinski definition) is 7. The van der Waals surface area contributed by atoms with E-state index in [4.69, 9.17) is 4.74 Å². The Balaban J connectivity index is 2.20. The minimum atomic E-state index is -0.468. The predicted octanol–water partition coefficient (Wildman–Crippen LogP) is 2.27. The smallest absolute Gasteiger partial charge is 0.310 e. The summed E-state index contributed by atoms with van der Waals surface area (Å²) in [6.45, 7) is 3.83. The van der Waals surface area contributed by atoms with Crippen molar-refractivity contribution >= 4 is 17.0 Å². The maximum Gasteiger partial charge on any atom is 0.310 e. The van der Waals surface area contributed by atoms with E-state index in [0.717, 1.165) is 35.1 Å². The summed E-state index contributed by atoms with van der Waals surface area (Å²) < 4.78 is 5.06. The molecule has 0 aliphatic rings. The first-order chi connectivity index (χ1) is 10.2. The standard InChI is InChI=1S/C13H16N4O3S/c1-3-14-7-6-12-15-16-13(21-12)9-4-5-10(17(18)19)11(8-9)20-2/h4-5,8,14H,3,6-7H2,1-2H3. The summed E-state index contributed by atoms with van der Waals surface area (Å²) >= 11 is 1.48. The van der Waals surface area contributed by atoms with Crippen LogP contribution in [-0.4, -0.2) is 35.3 Å². The number of nitro benzene ring substituents is 1. The van der Waals surface area contributed by atoms with Gasteiger partial charge in [-0.2, -0.15) is 0 Å². The highest BCUT2D eigenvalue weighted by Gasteiger charge is 2.16. The molecule has 1 N–H and O–H groups in total. The van der Waals surface area contributed by atoms with Crippen LogP contribution in [0.15, 0.2) is 18.2 Å². The van der Waals surface area contributed by atoms with Crippen LogP contribution < -0.4 is 10.1 Å². The molecule has 0 saturated carbocycles. The first-order valence-corrected chi connectivity index (χ1v) is 7.33. The number of rotatable bonds is 7. The van der Waals surface area contributed by atoms with Gasteiger partial charge >= 0.3 is 5.69 Å². The largest absolute Gasteiger partial charge is 0.490 e. The molecule has 1 aromatic heterocycles. The molecule has 0 radical (unpaired) electrons. The minimum Gasteiger partial charge on any atom is -0.490 e. The number of nitrogens with zero attached hydrogens (tertiary/aromatic N) is 3. The highest BCUT2D eigenvalue weighted by Crippen LogP contribution is 2.33. The summed E-state index contributed by atoms with van der Waals surface area (Å²) in [6.07, 6.45) is 0.815. The molecule has 0 saturated heterocycles. The number of aromatic nitrogens is 2. The number of hydrogen-bond donors (Lipinski definition) is 1. The lowest BCUT2D eigenvalue weighted by molar-refractivity contribution is -0.385. The first-order valence-electron chi connectivity index (χ1n) is 6.51. The van der Waals surface area contributed by atoms with E-state index in [-0.39, 0.29) is 11.4 Å². The number of methoxy groups -OCH3 is 1. The van der Waals surface area contributed by atoms with Crippen LogP contribution in [0.2, 0.25) is 0 Å². The average Bonchev–Trinajstić information content (AvgIpc) is 2.95. The second kappa shape index (κ2) is 7.09. The lowest BCUT2D eigenvalue weighted by Gasteiger charge is -2.02. The summed E-state index contributed by atoms with van der Waals surface area (Å²) in [6, 6.07) is 4.70. The predicted molar refractivity (Wildman–Crippen MR) is 80.8 cm³/mol. The Morgan fingerprint density at radius 1 is 1.43 bits per heavy atom. The quantitative estimate of drug-likeness (QED) is 0.479. The van der Waals surface area contributed by atoms with Gasteiger partial charge in [0, 0.05) is 24.6 Å². The van der Waals surface area contributed by atoms with E-state index in [2.05, 4.69) is 22.4 Å². The molecule has 1 heterocycles. The number of likely N-dealkylation sites (N-methyl/N-ethyl adjacent to an activating group) is 1. The summed E-state index contributed by atoms with van der Waals surface area (Å²) in [7, 11) is 1.41. The van der Waals surface area contributed by atoms with E-state index in [0.29, 0.717) is 0 Å². The van der Waals surface area contributed by atoms with Crippen LogP contribution in [0.4, 0.5) is 5.69 Å². The maximum absolute atomic E-state index is 10.9. The molecule has 7 nitrogen and oxygen atoms in total. The molecule has 2 rings (SSSR count). The minimum absolute atomic E-state index is 0.0573. The monoisotopic (exact) mass is 308 g/mol. The van der Waals surface area contributed by atoms with Gasteiger partial charge in [0.2, 0.25) is 0 Å². The Morgan fingerprint density at radius 2 is 2.24 bits per heavy atom. The van der Waals surface area contributed by atoms with Crippen LogP contribution in [0.3, 0.4) is 0 Å². The Hall–Kier alpha value is -2.06. The van der Waals surface area contributed by atoms with Crippen molar-refractivity contribution in [3.8, 4) is 16.3 Å². The molecule has 21 heavy (non-hydrogen) atoms.